The van der Waals surface area contributed by atoms with Crippen molar-refractivity contribution in [1.29, 1.82) is 0 Å². The second-order valence-electron chi connectivity index (χ2n) is 6.74. The Balaban J connectivity index is 1.84. The van der Waals surface area contributed by atoms with Gasteiger partial charge in [0.05, 0.1) is 30.0 Å². The molecule has 0 amide bonds. The molecule has 2 aliphatic heterocycles. The molecule has 0 radical (unpaired) electrons. The molecule has 0 spiro atoms. The Kier molecular flexibility index (Phi) is 4.32. The van der Waals surface area contributed by atoms with E-state index in [-0.39, 0.29) is 12.0 Å². The maximum Gasteiger partial charge on any atom is 0.334 e. The van der Waals surface area contributed by atoms with Gasteiger partial charge in [-0.2, -0.15) is 0 Å². The summed E-state index contributed by atoms with van der Waals surface area (Å²) in [5.74, 6) is -0.223. The Hall–Kier alpha value is -1.47. The minimum atomic E-state index is -0.398. The molecule has 0 aromatic heterocycles. The van der Waals surface area contributed by atoms with Gasteiger partial charge in [0.2, 0.25) is 0 Å². The number of hydrogen-bond donors (Lipinski definition) is 0. The Bertz CT molecular complexity index is 827. The van der Waals surface area contributed by atoms with Crippen LogP contribution in [0, 0.1) is 0 Å². The number of carbonyl (C=O) groups excluding carboxylic acids is 1. The van der Waals surface area contributed by atoms with Gasteiger partial charge < -0.3 is 4.74 Å². The zero-order valence-corrected chi connectivity index (χ0v) is 16.6. The number of para-hydroxylation sites is 1. The van der Waals surface area contributed by atoms with Gasteiger partial charge in [-0.15, -0.1) is 0 Å². The minimum absolute atomic E-state index is 0.223. The summed E-state index contributed by atoms with van der Waals surface area (Å²) in [6, 6.07) is 8.48. The third-order valence-electron chi connectivity index (χ3n) is 5.65. The van der Waals surface area contributed by atoms with E-state index in [1.165, 1.54) is 10.7 Å². The summed E-state index contributed by atoms with van der Waals surface area (Å²) in [6.07, 6.45) is 5.93. The van der Waals surface area contributed by atoms with E-state index in [2.05, 4.69) is 58.7 Å². The first-order valence-electron chi connectivity index (χ1n) is 8.64. The highest BCUT2D eigenvalue weighted by molar-refractivity contribution is 14.1. The fourth-order valence-corrected chi connectivity index (χ4v) is 4.92. The lowest BCUT2D eigenvalue weighted by atomic mass is 9.62. The zero-order valence-electron chi connectivity index (χ0n) is 14.5. The summed E-state index contributed by atoms with van der Waals surface area (Å²) >= 11 is 2.41. The number of nitrogens with zero attached hydrogens (tertiary/aromatic N) is 2. The zero-order chi connectivity index (χ0) is 17.6. The molecule has 0 unspecified atom stereocenters. The first-order chi connectivity index (χ1) is 12.1. The number of ether oxygens (including phenoxy) is 1. The quantitative estimate of drug-likeness (QED) is 0.520. The van der Waals surface area contributed by atoms with Gasteiger partial charge >= 0.3 is 5.97 Å². The summed E-state index contributed by atoms with van der Waals surface area (Å²) in [5.41, 5.74) is 3.66. The smallest absolute Gasteiger partial charge is 0.334 e. The van der Waals surface area contributed by atoms with Crippen LogP contribution >= 0.6 is 22.6 Å². The molecule has 1 aliphatic carbocycles. The van der Waals surface area contributed by atoms with Crippen LogP contribution in [-0.4, -0.2) is 42.8 Å². The van der Waals surface area contributed by atoms with Gasteiger partial charge in [0.25, 0.3) is 0 Å². The fourth-order valence-electron chi connectivity index (χ4n) is 4.48. The van der Waals surface area contributed by atoms with Gasteiger partial charge in [0.15, 0.2) is 0 Å². The van der Waals surface area contributed by atoms with Gasteiger partial charge in [0, 0.05) is 22.2 Å². The van der Waals surface area contributed by atoms with Crippen molar-refractivity contribution in [3.05, 3.63) is 51.1 Å². The molecule has 25 heavy (non-hydrogen) atoms. The van der Waals surface area contributed by atoms with Crippen molar-refractivity contribution in [2.75, 3.05) is 20.2 Å². The minimum Gasteiger partial charge on any atom is -0.466 e. The molecular formula is C20H21IN2O2. The highest BCUT2D eigenvalue weighted by Gasteiger charge is 2.56. The highest BCUT2D eigenvalue weighted by atomic mass is 127. The van der Waals surface area contributed by atoms with Crippen LogP contribution in [0.4, 0.5) is 5.69 Å². The Morgan fingerprint density at radius 2 is 2.28 bits per heavy atom. The number of esters is 1. The Labute approximate surface area is 161 Å². The maximum atomic E-state index is 12.6. The largest absolute Gasteiger partial charge is 0.466 e. The van der Waals surface area contributed by atoms with Gasteiger partial charge in [-0.1, -0.05) is 30.4 Å². The van der Waals surface area contributed by atoms with Gasteiger partial charge in [-0.25, -0.2) is 4.79 Å². The molecule has 5 heteroatoms. The number of likely N-dealkylation sites (tertiary alicyclic amines) is 1. The number of rotatable bonds is 3. The summed E-state index contributed by atoms with van der Waals surface area (Å²) in [7, 11) is 1.47. The van der Waals surface area contributed by atoms with Crippen molar-refractivity contribution in [2.24, 2.45) is 4.99 Å². The second kappa shape index (κ2) is 6.36. The van der Waals surface area contributed by atoms with Gasteiger partial charge in [-0.05, 0) is 54.0 Å². The van der Waals surface area contributed by atoms with Crippen molar-refractivity contribution in [3.8, 4) is 0 Å². The molecule has 4 rings (SSSR count). The Morgan fingerprint density at radius 1 is 1.48 bits per heavy atom. The molecule has 0 saturated carbocycles. The van der Waals surface area contributed by atoms with Crippen LogP contribution in [0.5, 0.6) is 0 Å². The van der Waals surface area contributed by atoms with E-state index >= 15 is 0 Å². The molecule has 4 nitrogen and oxygen atoms in total. The second-order valence-corrected chi connectivity index (χ2v) is 8.12. The molecule has 1 aromatic carbocycles. The summed E-state index contributed by atoms with van der Waals surface area (Å²) in [6.45, 7) is 3.97. The number of methoxy groups -OCH3 is 1. The lowest BCUT2D eigenvalue weighted by molar-refractivity contribution is -0.136. The molecule has 1 saturated heterocycles. The average molecular weight is 448 g/mol. The first-order valence-corrected chi connectivity index (χ1v) is 9.72. The van der Waals surface area contributed by atoms with E-state index in [1.54, 1.807) is 0 Å². The van der Waals surface area contributed by atoms with Crippen molar-refractivity contribution in [3.63, 3.8) is 0 Å². The van der Waals surface area contributed by atoms with E-state index < -0.39 is 5.41 Å². The summed E-state index contributed by atoms with van der Waals surface area (Å²) < 4.78 is 6.46. The predicted octanol–water partition coefficient (Wildman–Crippen LogP) is 3.93. The van der Waals surface area contributed by atoms with Crippen molar-refractivity contribution in [1.82, 2.24) is 4.90 Å². The fraction of sp³-hybridized carbons (Fsp3) is 0.400. The number of aliphatic imine (C=N–C) groups is 1. The number of benzene rings is 1. The van der Waals surface area contributed by atoms with Crippen LogP contribution in [-0.2, 0) is 14.9 Å². The summed E-state index contributed by atoms with van der Waals surface area (Å²) in [4.78, 5) is 20.0. The van der Waals surface area contributed by atoms with Crippen LogP contribution < -0.4 is 0 Å². The van der Waals surface area contributed by atoms with Crippen LogP contribution in [0.15, 0.2) is 50.6 Å². The van der Waals surface area contributed by atoms with E-state index in [4.69, 9.17) is 9.73 Å². The first kappa shape index (κ1) is 17.0. The molecule has 2 atom stereocenters. The molecule has 1 aromatic rings. The van der Waals surface area contributed by atoms with Crippen molar-refractivity contribution >= 4 is 40.0 Å². The number of hydrogen-bond acceptors (Lipinski definition) is 4. The predicted molar refractivity (Wildman–Crippen MR) is 108 cm³/mol. The molecular weight excluding hydrogens is 427 g/mol. The standard InChI is InChI=1S/C20H21IN2O2/c1-3-13(21)12-23-11-10-20-14-6-4-5-7-16(14)22-18(20)17(23)9-8-15(20)19(24)25-2/h3-8,17H,9-12H2,1-2H3/b13-3-/t17-,20+/m1/s1. The third kappa shape index (κ3) is 2.43. The van der Waals surface area contributed by atoms with Gasteiger partial charge in [0.1, 0.15) is 0 Å². The monoisotopic (exact) mass is 448 g/mol. The van der Waals surface area contributed by atoms with Crippen molar-refractivity contribution in [2.45, 2.75) is 31.2 Å². The molecule has 130 valence electrons. The molecule has 3 aliphatic rings. The lowest BCUT2D eigenvalue weighted by Crippen LogP contribution is -2.59. The lowest BCUT2D eigenvalue weighted by Gasteiger charge is -2.49. The van der Waals surface area contributed by atoms with Crippen LogP contribution in [0.1, 0.15) is 25.3 Å². The van der Waals surface area contributed by atoms with Crippen molar-refractivity contribution < 1.29 is 9.53 Å². The third-order valence-corrected chi connectivity index (χ3v) is 6.61. The maximum absolute atomic E-state index is 12.6. The average Bonchev–Trinajstić information content (AvgIpc) is 2.99. The molecule has 2 bridgehead atoms. The van der Waals surface area contributed by atoms with Crippen LogP contribution in [0.3, 0.4) is 0 Å². The summed E-state index contributed by atoms with van der Waals surface area (Å²) in [5, 5.41) is 0. The number of piperidine rings is 1. The molecule has 2 heterocycles. The molecule has 1 fully saturated rings. The van der Waals surface area contributed by atoms with E-state index in [0.717, 1.165) is 48.5 Å². The normalized spacial score (nSPS) is 28.0. The van der Waals surface area contributed by atoms with Gasteiger partial charge in [-0.3, -0.25) is 9.89 Å². The van der Waals surface area contributed by atoms with E-state index in [9.17, 15) is 4.79 Å². The van der Waals surface area contributed by atoms with E-state index in [0.29, 0.717) is 0 Å². The van der Waals surface area contributed by atoms with E-state index in [1.807, 2.05) is 12.1 Å². The highest BCUT2D eigenvalue weighted by Crippen LogP contribution is 2.53. The number of carbonyl (C=O) groups is 1. The molecule has 0 N–H and O–H groups in total. The SMILES string of the molecule is C/C=C(\I)CN1CC[C@]23C(C(=O)OC)=CC[C@@H]1C2=Nc1ccccc13. The van der Waals surface area contributed by atoms with Crippen LogP contribution in [0.2, 0.25) is 0 Å². The Morgan fingerprint density at radius 3 is 3.04 bits per heavy atom. The number of fused-ring (bicyclic) bond motifs is 1. The number of halogens is 1. The topological polar surface area (TPSA) is 41.9 Å². The number of allylic oxidation sites excluding steroid dienone is 1. The van der Waals surface area contributed by atoms with Crippen LogP contribution in [0.25, 0.3) is 0 Å².